The third-order valence-electron chi connectivity index (χ3n) is 0.850. The lowest BCUT2D eigenvalue weighted by atomic mass is 10.2. The van der Waals surface area contributed by atoms with Crippen LogP contribution in [0.4, 0.5) is 0 Å². The van der Waals surface area contributed by atoms with Crippen LogP contribution in [0.15, 0.2) is 0 Å². The summed E-state index contributed by atoms with van der Waals surface area (Å²) in [6, 6.07) is 0. The number of halogens is 2. The van der Waals surface area contributed by atoms with E-state index >= 15 is 0 Å². The molecule has 0 aliphatic rings. The van der Waals surface area contributed by atoms with E-state index in [9.17, 15) is 0 Å². The van der Waals surface area contributed by atoms with Crippen molar-refractivity contribution in [2.24, 2.45) is 0 Å². The van der Waals surface area contributed by atoms with Crippen LogP contribution in [0.1, 0.15) is 41.5 Å². The van der Waals surface area contributed by atoms with Crippen LogP contribution in [0, 0.1) is 0 Å². The van der Waals surface area contributed by atoms with Gasteiger partial charge in [0.05, 0.1) is 11.2 Å². The first kappa shape index (κ1) is 13.7. The average Bonchev–Trinajstić information content (AvgIpc) is 1.43. The SMILES string of the molecule is CC(C)(C)O[Si](Cl)(Cl)OC(C)(C)C. The van der Waals surface area contributed by atoms with Gasteiger partial charge >= 0.3 is 7.18 Å². The molecule has 0 aliphatic heterocycles. The van der Waals surface area contributed by atoms with Crippen LogP contribution in [0.25, 0.3) is 0 Å². The van der Waals surface area contributed by atoms with Crippen LogP contribution in [0.3, 0.4) is 0 Å². The first-order valence-electron chi connectivity index (χ1n) is 4.19. The topological polar surface area (TPSA) is 18.5 Å². The second kappa shape index (κ2) is 4.07. The Morgan fingerprint density at radius 2 is 1.00 bits per heavy atom. The Morgan fingerprint density at radius 3 is 1.15 bits per heavy atom. The fourth-order valence-electron chi connectivity index (χ4n) is 0.734. The fraction of sp³-hybridized carbons (Fsp3) is 1.00. The largest absolute Gasteiger partial charge is 0.552 e. The van der Waals surface area contributed by atoms with E-state index < -0.39 is 7.18 Å². The molecular weight excluding hydrogens is 227 g/mol. The Kier molecular flexibility index (Phi) is 4.29. The van der Waals surface area contributed by atoms with E-state index in [1.54, 1.807) is 0 Å². The summed E-state index contributed by atoms with van der Waals surface area (Å²) in [6.45, 7) is 11.4. The minimum Gasteiger partial charge on any atom is -0.367 e. The molecular formula is C8H18Cl2O2Si. The highest BCUT2D eigenvalue weighted by Gasteiger charge is 2.42. The summed E-state index contributed by atoms with van der Waals surface area (Å²) in [5.74, 6) is 0. The summed E-state index contributed by atoms with van der Waals surface area (Å²) in [4.78, 5) is 0. The van der Waals surface area contributed by atoms with Crippen molar-refractivity contribution in [3.05, 3.63) is 0 Å². The molecule has 0 rings (SSSR count). The van der Waals surface area contributed by atoms with Crippen LogP contribution in [-0.4, -0.2) is 18.4 Å². The predicted octanol–water partition coefficient (Wildman–Crippen LogP) is 3.53. The molecule has 0 aromatic rings. The van der Waals surface area contributed by atoms with Gasteiger partial charge in [0.2, 0.25) is 0 Å². The monoisotopic (exact) mass is 244 g/mol. The van der Waals surface area contributed by atoms with Crippen molar-refractivity contribution >= 4 is 29.3 Å². The van der Waals surface area contributed by atoms with E-state index in [-0.39, 0.29) is 11.2 Å². The summed E-state index contributed by atoms with van der Waals surface area (Å²) in [5, 5.41) is 0. The molecule has 0 bridgehead atoms. The highest BCUT2D eigenvalue weighted by atomic mass is 35.7. The lowest BCUT2D eigenvalue weighted by molar-refractivity contribution is 0.0384. The standard InChI is InChI=1S/C8H18Cl2O2Si/c1-7(2,3)11-13(9,10)12-8(4,5)6/h1-6H3. The van der Waals surface area contributed by atoms with Crippen LogP contribution in [0.2, 0.25) is 0 Å². The molecule has 13 heavy (non-hydrogen) atoms. The fourth-order valence-corrected chi connectivity index (χ4v) is 4.98. The van der Waals surface area contributed by atoms with Crippen molar-refractivity contribution in [2.45, 2.75) is 52.7 Å². The highest BCUT2D eigenvalue weighted by Crippen LogP contribution is 2.29. The number of hydrogen-bond donors (Lipinski definition) is 0. The third kappa shape index (κ3) is 9.03. The second-order valence-electron chi connectivity index (χ2n) is 4.89. The molecule has 0 fully saturated rings. The summed E-state index contributed by atoms with van der Waals surface area (Å²) in [5.41, 5.74) is -0.748. The van der Waals surface area contributed by atoms with E-state index in [1.165, 1.54) is 0 Å². The van der Waals surface area contributed by atoms with E-state index in [0.29, 0.717) is 0 Å². The molecule has 0 aliphatic carbocycles. The molecule has 0 amide bonds. The molecule has 0 spiro atoms. The molecule has 5 heteroatoms. The lowest BCUT2D eigenvalue weighted by Crippen LogP contribution is -2.43. The first-order valence-corrected chi connectivity index (χ1v) is 8.03. The Balaban J connectivity index is 4.25. The van der Waals surface area contributed by atoms with Gasteiger partial charge in [0.1, 0.15) is 0 Å². The zero-order chi connectivity index (χ0) is 10.9. The average molecular weight is 245 g/mol. The molecule has 0 atom stereocenters. The molecule has 0 N–H and O–H groups in total. The summed E-state index contributed by atoms with van der Waals surface area (Å²) < 4.78 is 10.9. The minimum atomic E-state index is -3.03. The van der Waals surface area contributed by atoms with Gasteiger partial charge in [-0.25, -0.2) is 0 Å². The summed E-state index contributed by atoms with van der Waals surface area (Å²) in [6.07, 6.45) is 0. The molecule has 0 saturated carbocycles. The number of hydrogen-bond acceptors (Lipinski definition) is 2. The molecule has 80 valence electrons. The van der Waals surface area contributed by atoms with Gasteiger partial charge in [0.15, 0.2) is 0 Å². The predicted molar refractivity (Wildman–Crippen MR) is 59.1 cm³/mol. The van der Waals surface area contributed by atoms with E-state index in [1.807, 2.05) is 41.5 Å². The van der Waals surface area contributed by atoms with Crippen molar-refractivity contribution in [3.63, 3.8) is 0 Å². The maximum atomic E-state index is 5.97. The van der Waals surface area contributed by atoms with Gasteiger partial charge < -0.3 is 8.85 Å². The van der Waals surface area contributed by atoms with Crippen LogP contribution in [0.5, 0.6) is 0 Å². The Labute approximate surface area is 91.2 Å². The maximum absolute atomic E-state index is 5.97. The smallest absolute Gasteiger partial charge is 0.367 e. The highest BCUT2D eigenvalue weighted by molar-refractivity contribution is 7.39. The Hall–Kier alpha value is 0.717. The molecule has 0 unspecified atom stereocenters. The molecule has 2 nitrogen and oxygen atoms in total. The van der Waals surface area contributed by atoms with Gasteiger partial charge in [-0.3, -0.25) is 0 Å². The summed E-state index contributed by atoms with van der Waals surface area (Å²) >= 11 is 11.9. The maximum Gasteiger partial charge on any atom is 0.552 e. The van der Waals surface area contributed by atoms with Crippen molar-refractivity contribution < 1.29 is 8.85 Å². The van der Waals surface area contributed by atoms with Gasteiger partial charge in [-0.05, 0) is 41.5 Å². The van der Waals surface area contributed by atoms with Crippen LogP contribution in [-0.2, 0) is 8.85 Å². The van der Waals surface area contributed by atoms with Crippen molar-refractivity contribution in [2.75, 3.05) is 0 Å². The molecule has 0 saturated heterocycles. The van der Waals surface area contributed by atoms with Gasteiger partial charge in [-0.2, -0.15) is 0 Å². The van der Waals surface area contributed by atoms with Crippen LogP contribution >= 0.6 is 22.2 Å². The van der Waals surface area contributed by atoms with Gasteiger partial charge in [0.25, 0.3) is 0 Å². The van der Waals surface area contributed by atoms with Crippen molar-refractivity contribution in [1.29, 1.82) is 0 Å². The molecule has 0 aromatic carbocycles. The lowest BCUT2D eigenvalue weighted by Gasteiger charge is -2.32. The Morgan fingerprint density at radius 1 is 0.769 bits per heavy atom. The number of rotatable bonds is 2. The van der Waals surface area contributed by atoms with Gasteiger partial charge in [-0.1, -0.05) is 22.2 Å². The van der Waals surface area contributed by atoms with Crippen molar-refractivity contribution in [3.8, 4) is 0 Å². The normalized spacial score (nSPS) is 14.8. The van der Waals surface area contributed by atoms with Gasteiger partial charge in [0, 0.05) is 0 Å². The quantitative estimate of drug-likeness (QED) is 0.547. The molecule has 0 radical (unpaired) electrons. The third-order valence-corrected chi connectivity index (χ3v) is 3.48. The van der Waals surface area contributed by atoms with E-state index in [0.717, 1.165) is 0 Å². The zero-order valence-electron chi connectivity index (χ0n) is 9.07. The first-order chi connectivity index (χ1) is 5.41. The Bertz CT molecular complexity index is 152. The van der Waals surface area contributed by atoms with E-state index in [4.69, 9.17) is 31.0 Å². The summed E-state index contributed by atoms with van der Waals surface area (Å²) in [7, 11) is -3.03. The minimum absolute atomic E-state index is 0.374. The van der Waals surface area contributed by atoms with Crippen LogP contribution < -0.4 is 0 Å². The molecule has 0 aromatic heterocycles. The van der Waals surface area contributed by atoms with E-state index in [2.05, 4.69) is 0 Å². The molecule has 0 heterocycles. The second-order valence-corrected chi connectivity index (χ2v) is 9.79. The van der Waals surface area contributed by atoms with Gasteiger partial charge in [-0.15, -0.1) is 0 Å². The zero-order valence-corrected chi connectivity index (χ0v) is 11.6. The van der Waals surface area contributed by atoms with Crippen molar-refractivity contribution in [1.82, 2.24) is 0 Å².